The van der Waals surface area contributed by atoms with Crippen molar-refractivity contribution in [1.29, 1.82) is 0 Å². The molecule has 12 heteroatoms. The van der Waals surface area contributed by atoms with Crippen molar-refractivity contribution in [2.45, 2.75) is 56.8 Å². The second-order valence-electron chi connectivity index (χ2n) is 8.40. The highest BCUT2D eigenvalue weighted by molar-refractivity contribution is 6.39. The lowest BCUT2D eigenvalue weighted by Gasteiger charge is -2.38. The molecule has 2 amide bonds. The van der Waals surface area contributed by atoms with Gasteiger partial charge in [-0.1, -0.05) is 5.16 Å². The van der Waals surface area contributed by atoms with E-state index in [0.29, 0.717) is 37.6 Å². The molecule has 1 spiro atoms. The molecule has 33 heavy (non-hydrogen) atoms. The number of nitrogens with one attached hydrogen (secondary N) is 1. The zero-order chi connectivity index (χ0) is 24.1. The molecule has 2 N–H and O–H groups in total. The van der Waals surface area contributed by atoms with E-state index in [0.717, 1.165) is 24.9 Å². The minimum atomic E-state index is -5.08. The molecule has 3 aliphatic rings. The number of pyridine rings is 1. The third-order valence-electron chi connectivity index (χ3n) is 5.60. The van der Waals surface area contributed by atoms with Gasteiger partial charge in [0.2, 0.25) is 5.91 Å². The second kappa shape index (κ2) is 10.2. The van der Waals surface area contributed by atoms with Crippen LogP contribution in [-0.2, 0) is 25.8 Å². The number of carbonyl (C=O) groups excluding carboxylic acids is 2. The topological polar surface area (TPSA) is 121 Å². The lowest BCUT2D eigenvalue weighted by Crippen LogP contribution is -2.51. The molecule has 0 aromatic carbocycles. The summed E-state index contributed by atoms with van der Waals surface area (Å²) in [5.41, 5.74) is 0.869. The number of carboxylic acids is 1. The van der Waals surface area contributed by atoms with E-state index >= 15 is 0 Å². The zero-order valence-corrected chi connectivity index (χ0v) is 17.8. The first-order valence-corrected chi connectivity index (χ1v) is 10.6. The minimum Gasteiger partial charge on any atom is -0.475 e. The van der Waals surface area contributed by atoms with Crippen LogP contribution in [0.25, 0.3) is 0 Å². The van der Waals surface area contributed by atoms with Gasteiger partial charge in [-0.15, -0.1) is 0 Å². The van der Waals surface area contributed by atoms with Gasteiger partial charge in [0.1, 0.15) is 5.71 Å². The molecule has 2 aliphatic heterocycles. The highest BCUT2D eigenvalue weighted by Crippen LogP contribution is 2.36. The maximum Gasteiger partial charge on any atom is 0.490 e. The molecule has 1 saturated carbocycles. The number of piperidine rings is 1. The van der Waals surface area contributed by atoms with Crippen LogP contribution in [0.15, 0.2) is 29.7 Å². The Balaban J connectivity index is 0.000000383. The number of hydrogen-bond acceptors (Lipinski definition) is 6. The summed E-state index contributed by atoms with van der Waals surface area (Å²) in [7, 11) is 0. The van der Waals surface area contributed by atoms with E-state index in [1.54, 1.807) is 12.4 Å². The largest absolute Gasteiger partial charge is 0.490 e. The van der Waals surface area contributed by atoms with Crippen LogP contribution in [-0.4, -0.2) is 63.4 Å². The van der Waals surface area contributed by atoms with E-state index in [1.165, 1.54) is 12.8 Å². The molecule has 0 radical (unpaired) electrons. The van der Waals surface area contributed by atoms with E-state index in [9.17, 15) is 22.8 Å². The number of amides is 2. The van der Waals surface area contributed by atoms with E-state index in [-0.39, 0.29) is 11.8 Å². The standard InChI is InChI=1S/C19H24N4O3.C2HF3O2/c24-17(10-14-2-3-14)23-9-1-6-19(13-23)11-16(22-26-19)18(25)21-12-15-4-7-20-8-5-15;3-2(4,5)1(6)7/h4-5,7-8,14H,1-3,6,9-13H2,(H,21,25);(H,6,7). The monoisotopic (exact) mass is 470 g/mol. The van der Waals surface area contributed by atoms with E-state index < -0.39 is 17.7 Å². The molecule has 2 fully saturated rings. The molecule has 1 aromatic rings. The number of carbonyl (C=O) groups is 3. The van der Waals surface area contributed by atoms with Gasteiger partial charge in [0, 0.05) is 38.3 Å². The van der Waals surface area contributed by atoms with E-state index in [2.05, 4.69) is 15.5 Å². The second-order valence-corrected chi connectivity index (χ2v) is 8.40. The van der Waals surface area contributed by atoms with Gasteiger partial charge in [0.25, 0.3) is 5.91 Å². The van der Waals surface area contributed by atoms with Gasteiger partial charge >= 0.3 is 12.1 Å². The average Bonchev–Trinajstić information content (AvgIpc) is 3.51. The normalized spacial score (nSPS) is 22.0. The van der Waals surface area contributed by atoms with Gasteiger partial charge in [-0.25, -0.2) is 4.79 Å². The van der Waals surface area contributed by atoms with Crippen molar-refractivity contribution in [2.24, 2.45) is 11.1 Å². The van der Waals surface area contributed by atoms with E-state index in [4.69, 9.17) is 14.7 Å². The fourth-order valence-corrected chi connectivity index (χ4v) is 3.66. The first-order valence-electron chi connectivity index (χ1n) is 10.6. The number of aliphatic carboxylic acids is 1. The minimum absolute atomic E-state index is 0.208. The number of nitrogens with zero attached hydrogens (tertiary/aromatic N) is 3. The molecule has 4 rings (SSSR count). The molecule has 9 nitrogen and oxygen atoms in total. The highest BCUT2D eigenvalue weighted by atomic mass is 19.4. The summed E-state index contributed by atoms with van der Waals surface area (Å²) >= 11 is 0. The third kappa shape index (κ3) is 7.16. The summed E-state index contributed by atoms with van der Waals surface area (Å²) in [6.07, 6.45) is 3.48. The Hall–Kier alpha value is -3.18. The Labute approximate surface area is 188 Å². The van der Waals surface area contributed by atoms with Gasteiger partial charge in [-0.05, 0) is 49.3 Å². The summed E-state index contributed by atoms with van der Waals surface area (Å²) in [5, 5.41) is 14.0. The number of oxime groups is 1. The predicted octanol–water partition coefficient (Wildman–Crippen LogP) is 2.27. The predicted molar refractivity (Wildman–Crippen MR) is 109 cm³/mol. The van der Waals surface area contributed by atoms with Crippen LogP contribution in [0.3, 0.4) is 0 Å². The zero-order valence-electron chi connectivity index (χ0n) is 17.8. The molecule has 0 bridgehead atoms. The van der Waals surface area contributed by atoms with Crippen LogP contribution in [0.5, 0.6) is 0 Å². The Morgan fingerprint density at radius 3 is 2.52 bits per heavy atom. The maximum absolute atomic E-state index is 12.4. The molecule has 1 aromatic heterocycles. The highest BCUT2D eigenvalue weighted by Gasteiger charge is 2.46. The first kappa shape index (κ1) is 24.5. The van der Waals surface area contributed by atoms with Crippen LogP contribution >= 0.6 is 0 Å². The van der Waals surface area contributed by atoms with Crippen molar-refractivity contribution in [3.63, 3.8) is 0 Å². The van der Waals surface area contributed by atoms with Crippen molar-refractivity contribution < 1.29 is 37.5 Å². The number of likely N-dealkylation sites (tertiary alicyclic amines) is 1. The lowest BCUT2D eigenvalue weighted by atomic mass is 9.87. The number of aromatic nitrogens is 1. The fourth-order valence-electron chi connectivity index (χ4n) is 3.66. The molecular formula is C21H25F3N4O5. The maximum atomic E-state index is 12.4. The molecular weight excluding hydrogens is 445 g/mol. The van der Waals surface area contributed by atoms with Gasteiger partial charge in [0.05, 0.1) is 6.54 Å². The smallest absolute Gasteiger partial charge is 0.475 e. The summed E-state index contributed by atoms with van der Waals surface area (Å²) in [4.78, 5) is 45.3. The number of carboxylic acid groups (broad SMARTS) is 1. The number of halogens is 3. The first-order chi connectivity index (χ1) is 15.6. The lowest BCUT2D eigenvalue weighted by molar-refractivity contribution is -0.192. The van der Waals surface area contributed by atoms with Crippen molar-refractivity contribution in [2.75, 3.05) is 13.1 Å². The average molecular weight is 470 g/mol. The van der Waals surface area contributed by atoms with Crippen LogP contribution in [0.2, 0.25) is 0 Å². The van der Waals surface area contributed by atoms with Gasteiger partial charge in [0.15, 0.2) is 5.60 Å². The summed E-state index contributed by atoms with van der Waals surface area (Å²) in [5.74, 6) is -2.17. The van der Waals surface area contributed by atoms with Crippen molar-refractivity contribution in [3.05, 3.63) is 30.1 Å². The molecule has 1 saturated heterocycles. The van der Waals surface area contributed by atoms with Crippen molar-refractivity contribution in [1.82, 2.24) is 15.2 Å². The fraction of sp³-hybridized carbons (Fsp3) is 0.571. The Bertz CT molecular complexity index is 905. The number of alkyl halides is 3. The third-order valence-corrected chi connectivity index (χ3v) is 5.60. The SMILES string of the molecule is O=C(NCc1ccncc1)C1=NOC2(CCCN(C(=O)CC3CC3)C2)C1.O=C(O)C(F)(F)F. The van der Waals surface area contributed by atoms with Crippen molar-refractivity contribution in [3.8, 4) is 0 Å². The van der Waals surface area contributed by atoms with Crippen LogP contribution in [0.1, 0.15) is 44.1 Å². The summed E-state index contributed by atoms with van der Waals surface area (Å²) in [6, 6.07) is 3.72. The van der Waals surface area contributed by atoms with Gasteiger partial charge in [-0.3, -0.25) is 14.6 Å². The molecule has 3 heterocycles. The van der Waals surface area contributed by atoms with Gasteiger partial charge < -0.3 is 20.2 Å². The Morgan fingerprint density at radius 2 is 1.91 bits per heavy atom. The quantitative estimate of drug-likeness (QED) is 0.681. The van der Waals surface area contributed by atoms with Crippen LogP contribution in [0.4, 0.5) is 13.2 Å². The molecule has 1 unspecified atom stereocenters. The van der Waals surface area contributed by atoms with Crippen LogP contribution < -0.4 is 5.32 Å². The van der Waals surface area contributed by atoms with Crippen LogP contribution in [0, 0.1) is 5.92 Å². The molecule has 180 valence electrons. The molecule has 1 atom stereocenters. The summed E-state index contributed by atoms with van der Waals surface area (Å²) < 4.78 is 31.7. The van der Waals surface area contributed by atoms with Crippen molar-refractivity contribution >= 4 is 23.5 Å². The van der Waals surface area contributed by atoms with E-state index in [1.807, 2.05) is 17.0 Å². The number of rotatable bonds is 5. The number of hydrogen-bond donors (Lipinski definition) is 2. The Morgan fingerprint density at radius 1 is 1.24 bits per heavy atom. The summed E-state index contributed by atoms with van der Waals surface area (Å²) in [6.45, 7) is 1.74. The van der Waals surface area contributed by atoms with Gasteiger partial charge in [-0.2, -0.15) is 13.2 Å². The molecule has 1 aliphatic carbocycles. The Kier molecular flexibility index (Phi) is 7.54.